The number of nitrogens with one attached hydrogen (secondary N) is 1. The van der Waals surface area contributed by atoms with Gasteiger partial charge in [-0.2, -0.15) is 0 Å². The van der Waals surface area contributed by atoms with E-state index in [4.69, 9.17) is 23.2 Å². The zero-order valence-electron chi connectivity index (χ0n) is 6.75. The monoisotopic (exact) mass is 201 g/mol. The van der Waals surface area contributed by atoms with Crippen molar-refractivity contribution in [1.82, 2.24) is 0 Å². The van der Waals surface area contributed by atoms with Gasteiger partial charge in [0.15, 0.2) is 0 Å². The average Bonchev–Trinajstić information content (AvgIpc) is 2.48. The second-order valence-corrected chi connectivity index (χ2v) is 3.79. The maximum atomic E-state index is 6.12. The summed E-state index contributed by atoms with van der Waals surface area (Å²) in [5, 5.41) is 4.81. The molecule has 1 aromatic carbocycles. The highest BCUT2D eigenvalue weighted by molar-refractivity contribution is 6.37. The molecular formula is C9H9Cl2N. The second-order valence-electron chi connectivity index (χ2n) is 3.00. The topological polar surface area (TPSA) is 12.0 Å². The Labute approximate surface area is 81.7 Å². The molecule has 1 N–H and O–H groups in total. The molecule has 1 aliphatic rings. The van der Waals surface area contributed by atoms with E-state index in [2.05, 4.69) is 5.32 Å². The summed E-state index contributed by atoms with van der Waals surface area (Å²) in [6.07, 6.45) is 1.01. The van der Waals surface area contributed by atoms with Crippen molar-refractivity contribution in [3.05, 3.63) is 27.2 Å². The first-order valence-corrected chi connectivity index (χ1v) is 4.67. The van der Waals surface area contributed by atoms with Crippen LogP contribution in [0.3, 0.4) is 0 Å². The van der Waals surface area contributed by atoms with Crippen molar-refractivity contribution in [3.63, 3.8) is 0 Å². The summed E-state index contributed by atoms with van der Waals surface area (Å²) >= 11 is 12.1. The van der Waals surface area contributed by atoms with E-state index in [1.165, 1.54) is 5.56 Å². The van der Waals surface area contributed by atoms with E-state index in [0.717, 1.165) is 34.3 Å². The van der Waals surface area contributed by atoms with E-state index < -0.39 is 0 Å². The molecule has 3 heteroatoms. The van der Waals surface area contributed by atoms with Crippen molar-refractivity contribution in [2.45, 2.75) is 13.3 Å². The fourth-order valence-electron chi connectivity index (χ4n) is 1.50. The molecule has 1 aromatic rings. The van der Waals surface area contributed by atoms with Crippen LogP contribution in [0.15, 0.2) is 6.07 Å². The zero-order chi connectivity index (χ0) is 8.72. The Kier molecular flexibility index (Phi) is 1.93. The quantitative estimate of drug-likeness (QED) is 0.680. The fourth-order valence-corrected chi connectivity index (χ4v) is 2.05. The third kappa shape index (κ3) is 1.08. The van der Waals surface area contributed by atoms with Gasteiger partial charge in [0.1, 0.15) is 0 Å². The van der Waals surface area contributed by atoms with Gasteiger partial charge in [-0.1, -0.05) is 23.2 Å². The number of hydrogen-bond donors (Lipinski definition) is 1. The van der Waals surface area contributed by atoms with Crippen LogP contribution in [0, 0.1) is 6.92 Å². The van der Waals surface area contributed by atoms with E-state index in [0.29, 0.717) is 0 Å². The molecule has 0 amide bonds. The molecule has 0 radical (unpaired) electrons. The Morgan fingerprint density at radius 1 is 1.42 bits per heavy atom. The summed E-state index contributed by atoms with van der Waals surface area (Å²) in [6.45, 7) is 2.91. The molecule has 0 aromatic heterocycles. The minimum Gasteiger partial charge on any atom is -0.384 e. The van der Waals surface area contributed by atoms with Gasteiger partial charge in [0.05, 0.1) is 5.02 Å². The van der Waals surface area contributed by atoms with Crippen LogP contribution >= 0.6 is 23.2 Å². The van der Waals surface area contributed by atoms with E-state index >= 15 is 0 Å². The van der Waals surface area contributed by atoms with Crippen molar-refractivity contribution in [2.24, 2.45) is 0 Å². The number of hydrogen-bond acceptors (Lipinski definition) is 1. The summed E-state index contributed by atoms with van der Waals surface area (Å²) in [6, 6.07) is 1.95. The minimum atomic E-state index is 0.744. The molecule has 12 heavy (non-hydrogen) atoms. The van der Waals surface area contributed by atoms with E-state index in [1.807, 2.05) is 13.0 Å². The number of fused-ring (bicyclic) bond motifs is 1. The third-order valence-electron chi connectivity index (χ3n) is 2.24. The van der Waals surface area contributed by atoms with Crippen molar-refractivity contribution in [3.8, 4) is 0 Å². The number of rotatable bonds is 0. The molecule has 0 fully saturated rings. The molecule has 1 aliphatic heterocycles. The Hall–Kier alpha value is -0.400. The van der Waals surface area contributed by atoms with E-state index in [9.17, 15) is 0 Å². The maximum absolute atomic E-state index is 6.12. The minimum absolute atomic E-state index is 0.744. The van der Waals surface area contributed by atoms with Crippen molar-refractivity contribution in [1.29, 1.82) is 0 Å². The second kappa shape index (κ2) is 2.82. The van der Waals surface area contributed by atoms with Gasteiger partial charge >= 0.3 is 0 Å². The van der Waals surface area contributed by atoms with Gasteiger partial charge in [0.25, 0.3) is 0 Å². The van der Waals surface area contributed by atoms with Gasteiger partial charge in [0, 0.05) is 17.3 Å². The fraction of sp³-hybridized carbons (Fsp3) is 0.333. The van der Waals surface area contributed by atoms with Crippen LogP contribution in [0.25, 0.3) is 0 Å². The Bertz CT molecular complexity index is 334. The van der Waals surface area contributed by atoms with Crippen LogP contribution in [0.1, 0.15) is 11.1 Å². The third-order valence-corrected chi connectivity index (χ3v) is 3.14. The van der Waals surface area contributed by atoms with Crippen LogP contribution in [-0.2, 0) is 6.42 Å². The lowest BCUT2D eigenvalue weighted by Gasteiger charge is -2.06. The molecule has 0 saturated heterocycles. The highest BCUT2D eigenvalue weighted by atomic mass is 35.5. The first-order chi connectivity index (χ1) is 5.70. The Morgan fingerprint density at radius 3 is 2.92 bits per heavy atom. The molecule has 64 valence electrons. The highest BCUT2D eigenvalue weighted by Gasteiger charge is 2.16. The molecule has 0 saturated carbocycles. The molecule has 0 atom stereocenters. The predicted octanol–water partition coefficient (Wildman–Crippen LogP) is 3.27. The van der Waals surface area contributed by atoms with Crippen LogP contribution in [-0.4, -0.2) is 6.54 Å². The normalized spacial score (nSPS) is 14.2. The van der Waals surface area contributed by atoms with E-state index in [1.54, 1.807) is 0 Å². The number of anilines is 1. The van der Waals surface area contributed by atoms with Crippen LogP contribution in [0.2, 0.25) is 10.0 Å². The highest BCUT2D eigenvalue weighted by Crippen LogP contribution is 2.36. The average molecular weight is 202 g/mol. The number of benzene rings is 1. The van der Waals surface area contributed by atoms with Gasteiger partial charge in [-0.25, -0.2) is 0 Å². The largest absolute Gasteiger partial charge is 0.384 e. The molecule has 1 heterocycles. The Morgan fingerprint density at radius 2 is 2.17 bits per heavy atom. The van der Waals surface area contributed by atoms with Crippen molar-refractivity contribution >= 4 is 28.9 Å². The Balaban J connectivity index is 2.67. The van der Waals surface area contributed by atoms with Gasteiger partial charge in [-0.3, -0.25) is 0 Å². The van der Waals surface area contributed by atoms with Gasteiger partial charge < -0.3 is 5.32 Å². The van der Waals surface area contributed by atoms with Crippen LogP contribution in [0.4, 0.5) is 5.69 Å². The first-order valence-electron chi connectivity index (χ1n) is 3.91. The summed E-state index contributed by atoms with van der Waals surface area (Å²) in [5.74, 6) is 0. The molecule has 1 nitrogen and oxygen atoms in total. The first kappa shape index (κ1) is 8.21. The van der Waals surface area contributed by atoms with E-state index in [-0.39, 0.29) is 0 Å². The summed E-state index contributed by atoms with van der Waals surface area (Å²) in [7, 11) is 0. The summed E-state index contributed by atoms with van der Waals surface area (Å²) in [4.78, 5) is 0. The van der Waals surface area contributed by atoms with Gasteiger partial charge in [-0.15, -0.1) is 0 Å². The predicted molar refractivity (Wildman–Crippen MR) is 53.4 cm³/mol. The van der Waals surface area contributed by atoms with Crippen LogP contribution < -0.4 is 5.32 Å². The van der Waals surface area contributed by atoms with Crippen molar-refractivity contribution in [2.75, 3.05) is 11.9 Å². The maximum Gasteiger partial charge on any atom is 0.0503 e. The lowest BCUT2D eigenvalue weighted by molar-refractivity contribution is 1.10. The zero-order valence-corrected chi connectivity index (χ0v) is 8.26. The molecule has 0 aliphatic carbocycles. The smallest absolute Gasteiger partial charge is 0.0503 e. The molecule has 0 unspecified atom stereocenters. The molecule has 0 bridgehead atoms. The summed E-state index contributed by atoms with van der Waals surface area (Å²) < 4.78 is 0. The van der Waals surface area contributed by atoms with Crippen LogP contribution in [0.5, 0.6) is 0 Å². The van der Waals surface area contributed by atoms with Crippen molar-refractivity contribution < 1.29 is 0 Å². The molecule has 2 rings (SSSR count). The standard InChI is InChI=1S/C9H9Cl2N/c1-5-7(10)4-8-6(9(5)11)2-3-12-8/h4,12H,2-3H2,1H3. The number of halogens is 2. The summed E-state index contributed by atoms with van der Waals surface area (Å²) in [5.41, 5.74) is 3.29. The molecule has 0 spiro atoms. The van der Waals surface area contributed by atoms with Gasteiger partial charge in [0.2, 0.25) is 0 Å². The molecular weight excluding hydrogens is 193 g/mol. The lowest BCUT2D eigenvalue weighted by atomic mass is 10.1. The lowest BCUT2D eigenvalue weighted by Crippen LogP contribution is -1.90. The SMILES string of the molecule is Cc1c(Cl)cc2c(c1Cl)CCN2. The van der Waals surface area contributed by atoms with Gasteiger partial charge in [-0.05, 0) is 30.5 Å².